The van der Waals surface area contributed by atoms with Crippen LogP contribution in [-0.2, 0) is 0 Å². The molecule has 2 heterocycles. The average Bonchev–Trinajstić information content (AvgIpc) is 2.45. The number of rotatable bonds is 3. The lowest BCUT2D eigenvalue weighted by Gasteiger charge is -2.43. The van der Waals surface area contributed by atoms with Crippen LogP contribution in [0, 0.1) is 0 Å². The monoisotopic (exact) mass is 313 g/mol. The Morgan fingerprint density at radius 1 is 1.18 bits per heavy atom. The number of hydrogen-bond donors (Lipinski definition) is 2. The number of nitrogens with zero attached hydrogens (tertiary/aromatic N) is 3. The molecule has 0 unspecified atom stereocenters. The molecule has 2 N–H and O–H groups in total. The largest absolute Gasteiger partial charge is 0.490 e. The highest BCUT2D eigenvalue weighted by Crippen LogP contribution is 2.28. The summed E-state index contributed by atoms with van der Waals surface area (Å²) >= 11 is 0. The Morgan fingerprint density at radius 3 is 2.23 bits per heavy atom. The minimum absolute atomic E-state index is 0.0407. The first-order chi connectivity index (χ1) is 10.2. The van der Waals surface area contributed by atoms with Gasteiger partial charge in [-0.3, -0.25) is 9.88 Å². The summed E-state index contributed by atoms with van der Waals surface area (Å²) in [5, 5.41) is 18.5. The summed E-state index contributed by atoms with van der Waals surface area (Å²) < 4.78 is 26.3. The van der Waals surface area contributed by atoms with E-state index >= 15 is 0 Å². The summed E-state index contributed by atoms with van der Waals surface area (Å²) in [6.45, 7) is 9.09. The van der Waals surface area contributed by atoms with Crippen molar-refractivity contribution >= 4 is 18.3 Å². The molecule has 0 spiro atoms. The van der Waals surface area contributed by atoms with E-state index in [1.165, 1.54) is 6.07 Å². The Labute approximate surface area is 129 Å². The highest BCUT2D eigenvalue weighted by atomic mass is 19.3. The number of aromatic nitrogens is 1. The van der Waals surface area contributed by atoms with Gasteiger partial charge in [0.25, 0.3) is 6.43 Å². The highest BCUT2D eigenvalue weighted by molar-refractivity contribution is 6.58. The van der Waals surface area contributed by atoms with Crippen LogP contribution in [-0.4, -0.2) is 58.8 Å². The zero-order chi connectivity index (χ0) is 16.5. The molecular formula is C14H22BF2N3O2. The van der Waals surface area contributed by atoms with Gasteiger partial charge in [0.2, 0.25) is 0 Å². The number of anilines is 1. The Hall–Kier alpha value is -1.25. The maximum absolute atomic E-state index is 13.2. The molecule has 5 nitrogen and oxygen atoms in total. The second-order valence-corrected chi connectivity index (χ2v) is 6.49. The minimum atomic E-state index is -2.69. The molecule has 1 fully saturated rings. The molecule has 22 heavy (non-hydrogen) atoms. The Morgan fingerprint density at radius 2 is 1.77 bits per heavy atom. The van der Waals surface area contributed by atoms with Crippen molar-refractivity contribution in [2.75, 3.05) is 31.1 Å². The molecule has 0 aliphatic carbocycles. The lowest BCUT2D eigenvalue weighted by Crippen LogP contribution is -2.53. The summed E-state index contributed by atoms with van der Waals surface area (Å²) in [6.07, 6.45) is -1.61. The van der Waals surface area contributed by atoms with Crippen molar-refractivity contribution in [2.24, 2.45) is 0 Å². The molecule has 122 valence electrons. The summed E-state index contributed by atoms with van der Waals surface area (Å²) in [6, 6.07) is 1.39. The first kappa shape index (κ1) is 17.1. The van der Waals surface area contributed by atoms with E-state index in [-0.39, 0.29) is 22.4 Å². The number of alkyl halides is 2. The van der Waals surface area contributed by atoms with E-state index in [1.54, 1.807) is 0 Å². The van der Waals surface area contributed by atoms with Crippen molar-refractivity contribution in [3.05, 3.63) is 18.0 Å². The van der Waals surface area contributed by atoms with Crippen LogP contribution in [0.3, 0.4) is 0 Å². The van der Waals surface area contributed by atoms with Gasteiger partial charge < -0.3 is 14.9 Å². The smallest absolute Gasteiger partial charge is 0.423 e. The van der Waals surface area contributed by atoms with Crippen LogP contribution >= 0.6 is 0 Å². The van der Waals surface area contributed by atoms with Gasteiger partial charge in [0.05, 0.1) is 5.69 Å². The van der Waals surface area contributed by atoms with Crippen molar-refractivity contribution in [3.63, 3.8) is 0 Å². The fourth-order valence-corrected chi connectivity index (χ4v) is 2.66. The maximum Gasteiger partial charge on any atom is 0.490 e. The normalized spacial score (nSPS) is 17.2. The van der Waals surface area contributed by atoms with Crippen LogP contribution in [0.25, 0.3) is 0 Å². The summed E-state index contributed by atoms with van der Waals surface area (Å²) in [5.74, 6) is 0. The minimum Gasteiger partial charge on any atom is -0.423 e. The van der Waals surface area contributed by atoms with Crippen LogP contribution in [0.1, 0.15) is 32.9 Å². The summed E-state index contributed by atoms with van der Waals surface area (Å²) in [5.41, 5.74) is 0.138. The molecule has 0 amide bonds. The predicted octanol–water partition coefficient (Wildman–Crippen LogP) is 0.619. The van der Waals surface area contributed by atoms with E-state index in [0.29, 0.717) is 13.1 Å². The van der Waals surface area contributed by atoms with Crippen LogP contribution in [0.15, 0.2) is 12.3 Å². The second-order valence-electron chi connectivity index (χ2n) is 6.49. The molecule has 0 aromatic carbocycles. The third-order valence-electron chi connectivity index (χ3n) is 3.99. The van der Waals surface area contributed by atoms with E-state index in [2.05, 4.69) is 30.7 Å². The quantitative estimate of drug-likeness (QED) is 0.801. The molecule has 0 saturated carbocycles. The van der Waals surface area contributed by atoms with Gasteiger partial charge in [-0.2, -0.15) is 0 Å². The van der Waals surface area contributed by atoms with E-state index in [0.717, 1.165) is 19.3 Å². The second kappa shape index (κ2) is 6.48. The fraction of sp³-hybridized carbons (Fsp3) is 0.643. The molecule has 8 heteroatoms. The molecule has 1 aromatic heterocycles. The van der Waals surface area contributed by atoms with Gasteiger partial charge in [0.15, 0.2) is 0 Å². The zero-order valence-electron chi connectivity index (χ0n) is 13.1. The summed E-state index contributed by atoms with van der Waals surface area (Å²) in [4.78, 5) is 7.85. The third-order valence-corrected chi connectivity index (χ3v) is 3.99. The van der Waals surface area contributed by atoms with Crippen LogP contribution < -0.4 is 10.4 Å². The number of hydrogen-bond acceptors (Lipinski definition) is 5. The summed E-state index contributed by atoms with van der Waals surface area (Å²) in [7, 11) is -1.71. The average molecular weight is 313 g/mol. The van der Waals surface area contributed by atoms with Crippen molar-refractivity contribution in [2.45, 2.75) is 32.7 Å². The van der Waals surface area contributed by atoms with Gasteiger partial charge >= 0.3 is 7.12 Å². The van der Waals surface area contributed by atoms with Crippen LogP contribution in [0.5, 0.6) is 0 Å². The lowest BCUT2D eigenvalue weighted by atomic mass is 9.81. The lowest BCUT2D eigenvalue weighted by molar-refractivity contribution is 0.126. The first-order valence-electron chi connectivity index (χ1n) is 7.34. The van der Waals surface area contributed by atoms with E-state index in [1.807, 2.05) is 4.90 Å². The highest BCUT2D eigenvalue weighted by Gasteiger charge is 2.29. The molecule has 1 saturated heterocycles. The van der Waals surface area contributed by atoms with Gasteiger partial charge in [0, 0.05) is 43.4 Å². The van der Waals surface area contributed by atoms with E-state index < -0.39 is 13.5 Å². The molecule has 0 atom stereocenters. The Kier molecular flexibility index (Phi) is 5.04. The van der Waals surface area contributed by atoms with Gasteiger partial charge in [-0.1, -0.05) is 0 Å². The topological polar surface area (TPSA) is 59.8 Å². The molecule has 0 bridgehead atoms. The van der Waals surface area contributed by atoms with Gasteiger partial charge in [-0.05, 0) is 26.8 Å². The predicted molar refractivity (Wildman–Crippen MR) is 82.6 cm³/mol. The van der Waals surface area contributed by atoms with Crippen molar-refractivity contribution in [1.29, 1.82) is 0 Å². The maximum atomic E-state index is 13.2. The van der Waals surface area contributed by atoms with Gasteiger partial charge in [0.1, 0.15) is 5.69 Å². The number of piperazine rings is 1. The first-order valence-corrected chi connectivity index (χ1v) is 7.34. The SMILES string of the molecule is CC(C)(C)N1CCN(c2cc(B(O)O)cnc2C(F)F)CC1. The zero-order valence-corrected chi connectivity index (χ0v) is 13.1. The number of pyridine rings is 1. The molecule has 0 radical (unpaired) electrons. The van der Waals surface area contributed by atoms with Gasteiger partial charge in [-0.15, -0.1) is 0 Å². The van der Waals surface area contributed by atoms with Crippen LogP contribution in [0.2, 0.25) is 0 Å². The van der Waals surface area contributed by atoms with Gasteiger partial charge in [-0.25, -0.2) is 8.78 Å². The molecular weight excluding hydrogens is 291 g/mol. The standard InChI is InChI=1S/C14H22BF2N3O2/c1-14(2,3)20-6-4-19(5-7-20)11-8-10(15(21)22)9-18-12(11)13(16)17/h8-9,13,21-22H,4-7H2,1-3H3. The van der Waals surface area contributed by atoms with Crippen molar-refractivity contribution in [3.8, 4) is 0 Å². The Balaban J connectivity index is 2.23. The third kappa shape index (κ3) is 3.74. The molecule has 2 rings (SSSR count). The van der Waals surface area contributed by atoms with Crippen LogP contribution in [0.4, 0.5) is 14.5 Å². The molecule has 1 aliphatic heterocycles. The van der Waals surface area contributed by atoms with Crippen molar-refractivity contribution < 1.29 is 18.8 Å². The molecule has 1 aromatic rings. The van der Waals surface area contributed by atoms with E-state index in [4.69, 9.17) is 0 Å². The van der Waals surface area contributed by atoms with Crippen molar-refractivity contribution in [1.82, 2.24) is 9.88 Å². The van der Waals surface area contributed by atoms with E-state index in [9.17, 15) is 18.8 Å². The fourth-order valence-electron chi connectivity index (χ4n) is 2.66. The Bertz CT molecular complexity index is 515. The molecule has 1 aliphatic rings. The number of halogens is 2.